The Hall–Kier alpha value is -3.45. The van der Waals surface area contributed by atoms with Crippen LogP contribution in [0, 0.1) is 6.92 Å². The van der Waals surface area contributed by atoms with E-state index in [9.17, 15) is 9.90 Å². The van der Waals surface area contributed by atoms with E-state index in [1.165, 1.54) is 35.7 Å². The van der Waals surface area contributed by atoms with Crippen LogP contribution in [-0.2, 0) is 0 Å². The van der Waals surface area contributed by atoms with Crippen LogP contribution in [0.1, 0.15) is 10.4 Å². The zero-order valence-electron chi connectivity index (χ0n) is 15.3. The van der Waals surface area contributed by atoms with Crippen molar-refractivity contribution in [2.24, 2.45) is 5.10 Å². The SMILES string of the molecule is COc1cccc(/C=N/n2cnc3sc(C)c(-c4ccccc4)c3c2=O)c1O. The number of rotatable bonds is 4. The van der Waals surface area contributed by atoms with Crippen molar-refractivity contribution in [3.05, 3.63) is 75.7 Å². The number of fused-ring (bicyclic) bond motifs is 1. The van der Waals surface area contributed by atoms with Crippen LogP contribution in [0.15, 0.2) is 64.8 Å². The Morgan fingerprint density at radius 3 is 2.71 bits per heavy atom. The van der Waals surface area contributed by atoms with E-state index >= 15 is 0 Å². The maximum atomic E-state index is 13.1. The summed E-state index contributed by atoms with van der Waals surface area (Å²) in [4.78, 5) is 19.2. The Morgan fingerprint density at radius 2 is 1.96 bits per heavy atom. The van der Waals surface area contributed by atoms with Gasteiger partial charge in [-0.05, 0) is 24.6 Å². The molecular weight excluding hydrogens is 374 g/mol. The number of methoxy groups -OCH3 is 1. The van der Waals surface area contributed by atoms with Crippen LogP contribution in [0.2, 0.25) is 0 Å². The molecule has 0 atom stereocenters. The summed E-state index contributed by atoms with van der Waals surface area (Å²) in [6.45, 7) is 1.98. The molecule has 0 bridgehead atoms. The molecule has 0 saturated heterocycles. The van der Waals surface area contributed by atoms with Gasteiger partial charge in [-0.3, -0.25) is 4.79 Å². The van der Waals surface area contributed by atoms with Gasteiger partial charge >= 0.3 is 0 Å². The fraction of sp³-hybridized carbons (Fsp3) is 0.0952. The number of benzene rings is 2. The molecule has 4 rings (SSSR count). The summed E-state index contributed by atoms with van der Waals surface area (Å²) in [5.74, 6) is 0.303. The Morgan fingerprint density at radius 1 is 1.18 bits per heavy atom. The van der Waals surface area contributed by atoms with Crippen molar-refractivity contribution in [1.29, 1.82) is 0 Å². The second kappa shape index (κ2) is 7.28. The lowest BCUT2D eigenvalue weighted by atomic mass is 10.0. The maximum absolute atomic E-state index is 13.1. The van der Waals surface area contributed by atoms with Gasteiger partial charge in [0.2, 0.25) is 0 Å². The maximum Gasteiger partial charge on any atom is 0.283 e. The molecule has 0 aliphatic carbocycles. The minimum absolute atomic E-state index is 0.0350. The van der Waals surface area contributed by atoms with Gasteiger partial charge in [-0.1, -0.05) is 36.4 Å². The van der Waals surface area contributed by atoms with Crippen LogP contribution >= 0.6 is 11.3 Å². The molecule has 7 heteroatoms. The number of para-hydroxylation sites is 1. The second-order valence-electron chi connectivity index (χ2n) is 6.12. The minimum Gasteiger partial charge on any atom is -0.504 e. The Balaban J connectivity index is 1.84. The Labute approximate surface area is 165 Å². The first-order valence-corrected chi connectivity index (χ1v) is 9.38. The summed E-state index contributed by atoms with van der Waals surface area (Å²) in [7, 11) is 1.47. The molecule has 2 heterocycles. The highest BCUT2D eigenvalue weighted by atomic mass is 32.1. The third-order valence-corrected chi connectivity index (χ3v) is 5.42. The van der Waals surface area contributed by atoms with Crippen LogP contribution in [0.3, 0.4) is 0 Å². The third kappa shape index (κ3) is 3.05. The fourth-order valence-corrected chi connectivity index (χ4v) is 4.06. The summed E-state index contributed by atoms with van der Waals surface area (Å²) in [6.07, 6.45) is 2.80. The molecule has 0 aliphatic rings. The topological polar surface area (TPSA) is 76.7 Å². The molecule has 0 spiro atoms. The van der Waals surface area contributed by atoms with E-state index in [1.807, 2.05) is 37.3 Å². The summed E-state index contributed by atoms with van der Waals surface area (Å²) < 4.78 is 6.28. The van der Waals surface area contributed by atoms with E-state index in [1.54, 1.807) is 18.2 Å². The molecule has 0 radical (unpaired) electrons. The quantitative estimate of drug-likeness (QED) is 0.533. The molecule has 0 aliphatic heterocycles. The molecule has 2 aromatic heterocycles. The van der Waals surface area contributed by atoms with E-state index in [0.29, 0.717) is 21.5 Å². The van der Waals surface area contributed by atoms with Gasteiger partial charge in [0.25, 0.3) is 5.56 Å². The van der Waals surface area contributed by atoms with Gasteiger partial charge in [-0.2, -0.15) is 9.78 Å². The van der Waals surface area contributed by atoms with Crippen molar-refractivity contribution in [2.75, 3.05) is 7.11 Å². The van der Waals surface area contributed by atoms with Gasteiger partial charge in [-0.25, -0.2) is 4.98 Å². The molecule has 2 aromatic carbocycles. The predicted molar refractivity (Wildman–Crippen MR) is 112 cm³/mol. The number of hydrogen-bond acceptors (Lipinski definition) is 6. The number of thiophene rings is 1. The van der Waals surface area contributed by atoms with Crippen LogP contribution < -0.4 is 10.3 Å². The fourth-order valence-electron chi connectivity index (χ4n) is 3.06. The molecule has 140 valence electrons. The van der Waals surface area contributed by atoms with Crippen molar-refractivity contribution < 1.29 is 9.84 Å². The zero-order valence-corrected chi connectivity index (χ0v) is 16.1. The number of hydrogen-bond donors (Lipinski definition) is 1. The van der Waals surface area contributed by atoms with Gasteiger partial charge in [0, 0.05) is 16.0 Å². The molecule has 6 nitrogen and oxygen atoms in total. The molecule has 0 amide bonds. The highest BCUT2D eigenvalue weighted by molar-refractivity contribution is 7.19. The largest absolute Gasteiger partial charge is 0.504 e. The number of aromatic hydroxyl groups is 1. The number of nitrogens with zero attached hydrogens (tertiary/aromatic N) is 3. The molecule has 4 aromatic rings. The number of ether oxygens (including phenoxy) is 1. The first-order chi connectivity index (χ1) is 13.6. The average Bonchev–Trinajstić information content (AvgIpc) is 3.06. The van der Waals surface area contributed by atoms with Gasteiger partial charge in [-0.15, -0.1) is 11.3 Å². The van der Waals surface area contributed by atoms with Crippen LogP contribution in [-0.4, -0.2) is 28.1 Å². The highest BCUT2D eigenvalue weighted by Gasteiger charge is 2.16. The van der Waals surface area contributed by atoms with Crippen LogP contribution in [0.4, 0.5) is 0 Å². The average molecular weight is 391 g/mol. The highest BCUT2D eigenvalue weighted by Crippen LogP contribution is 2.35. The van der Waals surface area contributed by atoms with Gasteiger partial charge in [0.1, 0.15) is 11.2 Å². The number of aryl methyl sites for hydroxylation is 1. The predicted octanol–water partition coefficient (Wildman–Crippen LogP) is 4.03. The molecule has 28 heavy (non-hydrogen) atoms. The van der Waals surface area contributed by atoms with Crippen molar-refractivity contribution >= 4 is 27.8 Å². The summed E-state index contributed by atoms with van der Waals surface area (Å²) in [6, 6.07) is 14.8. The van der Waals surface area contributed by atoms with Crippen molar-refractivity contribution in [2.45, 2.75) is 6.92 Å². The molecular formula is C21H17N3O3S. The summed E-state index contributed by atoms with van der Waals surface area (Å²) in [5.41, 5.74) is 2.03. The minimum atomic E-state index is -0.258. The number of aromatic nitrogens is 2. The molecule has 0 saturated carbocycles. The number of phenols is 1. The van der Waals surface area contributed by atoms with Crippen LogP contribution in [0.25, 0.3) is 21.3 Å². The van der Waals surface area contributed by atoms with Crippen LogP contribution in [0.5, 0.6) is 11.5 Å². The van der Waals surface area contributed by atoms with Gasteiger partial charge < -0.3 is 9.84 Å². The van der Waals surface area contributed by atoms with E-state index in [2.05, 4.69) is 10.1 Å². The third-order valence-electron chi connectivity index (χ3n) is 4.41. The van der Waals surface area contributed by atoms with Crippen molar-refractivity contribution in [3.63, 3.8) is 0 Å². The first kappa shape index (κ1) is 17.9. The smallest absolute Gasteiger partial charge is 0.283 e. The molecule has 1 N–H and O–H groups in total. The van der Waals surface area contributed by atoms with E-state index in [0.717, 1.165) is 16.0 Å². The van der Waals surface area contributed by atoms with E-state index < -0.39 is 0 Å². The lowest BCUT2D eigenvalue weighted by Crippen LogP contribution is -2.16. The zero-order chi connectivity index (χ0) is 19.7. The van der Waals surface area contributed by atoms with Crippen molar-refractivity contribution in [1.82, 2.24) is 9.66 Å². The Bertz CT molecular complexity index is 1240. The summed E-state index contributed by atoms with van der Waals surface area (Å²) in [5, 5.41) is 14.9. The van der Waals surface area contributed by atoms with Gasteiger partial charge in [0.05, 0.1) is 18.7 Å². The standard InChI is InChI=1S/C21H17N3O3S/c1-13-17(14-7-4-3-5-8-14)18-20(28-13)22-12-24(21(18)26)23-11-15-9-6-10-16(27-2)19(15)25/h3-12,25H,1-2H3/b23-11+. The monoisotopic (exact) mass is 391 g/mol. The van der Waals surface area contributed by atoms with E-state index in [-0.39, 0.29) is 11.3 Å². The molecule has 0 fully saturated rings. The number of phenolic OH excluding ortho intramolecular Hbond substituents is 1. The normalized spacial score (nSPS) is 11.4. The first-order valence-electron chi connectivity index (χ1n) is 8.56. The van der Waals surface area contributed by atoms with Crippen molar-refractivity contribution in [3.8, 4) is 22.6 Å². The Kier molecular flexibility index (Phi) is 4.67. The lowest BCUT2D eigenvalue weighted by Gasteiger charge is -2.05. The lowest BCUT2D eigenvalue weighted by molar-refractivity contribution is 0.373. The van der Waals surface area contributed by atoms with E-state index in [4.69, 9.17) is 4.74 Å². The van der Waals surface area contributed by atoms with Gasteiger partial charge in [0.15, 0.2) is 11.5 Å². The summed E-state index contributed by atoms with van der Waals surface area (Å²) >= 11 is 1.49. The molecule has 0 unspecified atom stereocenters. The second-order valence-corrected chi connectivity index (χ2v) is 7.32.